The first-order chi connectivity index (χ1) is 8.38. The summed E-state index contributed by atoms with van der Waals surface area (Å²) in [6.45, 7) is 6.28. The molecular formula is C14H23NO2. The summed E-state index contributed by atoms with van der Waals surface area (Å²) in [5.74, 6) is 0. The summed E-state index contributed by atoms with van der Waals surface area (Å²) in [6, 6.07) is 10.5. The van der Waals surface area contributed by atoms with Crippen LogP contribution in [0.5, 0.6) is 0 Å². The van der Waals surface area contributed by atoms with Crippen LogP contribution in [0, 0.1) is 0 Å². The van der Waals surface area contributed by atoms with E-state index in [1.807, 2.05) is 6.07 Å². The highest BCUT2D eigenvalue weighted by molar-refractivity contribution is 5.45. The number of hydrogen-bond acceptors (Lipinski definition) is 3. The molecule has 0 atom stereocenters. The highest BCUT2D eigenvalue weighted by atomic mass is 16.5. The van der Waals surface area contributed by atoms with Crippen LogP contribution in [0.3, 0.4) is 0 Å². The summed E-state index contributed by atoms with van der Waals surface area (Å²) in [6.07, 6.45) is 1.15. The summed E-state index contributed by atoms with van der Waals surface area (Å²) in [7, 11) is 1.69. The van der Waals surface area contributed by atoms with Gasteiger partial charge in [-0.25, -0.2) is 0 Å². The summed E-state index contributed by atoms with van der Waals surface area (Å²) in [4.78, 5) is 2.35. The molecule has 0 fully saturated rings. The molecule has 3 nitrogen and oxygen atoms in total. The van der Waals surface area contributed by atoms with Gasteiger partial charge in [0.1, 0.15) is 0 Å². The minimum atomic E-state index is 0.666. The van der Waals surface area contributed by atoms with Gasteiger partial charge in [0, 0.05) is 25.9 Å². The number of hydrogen-bond donors (Lipinski definition) is 0. The van der Waals surface area contributed by atoms with Crippen LogP contribution >= 0.6 is 0 Å². The van der Waals surface area contributed by atoms with E-state index in [0.29, 0.717) is 13.2 Å². The minimum absolute atomic E-state index is 0.666. The zero-order valence-electron chi connectivity index (χ0n) is 10.9. The van der Waals surface area contributed by atoms with Gasteiger partial charge in [-0.1, -0.05) is 25.1 Å². The molecule has 96 valence electrons. The van der Waals surface area contributed by atoms with E-state index in [4.69, 9.17) is 9.47 Å². The van der Waals surface area contributed by atoms with Crippen molar-refractivity contribution in [2.75, 3.05) is 44.9 Å². The molecule has 3 heteroatoms. The molecule has 0 aliphatic heterocycles. The Morgan fingerprint density at radius 2 is 1.76 bits per heavy atom. The second-order valence-corrected chi connectivity index (χ2v) is 3.93. The van der Waals surface area contributed by atoms with Crippen molar-refractivity contribution in [1.29, 1.82) is 0 Å². The molecule has 0 aliphatic carbocycles. The van der Waals surface area contributed by atoms with Crippen LogP contribution in [-0.2, 0) is 9.47 Å². The molecular weight excluding hydrogens is 214 g/mol. The lowest BCUT2D eigenvalue weighted by Crippen LogP contribution is -2.28. The average molecular weight is 237 g/mol. The van der Waals surface area contributed by atoms with Gasteiger partial charge in [-0.05, 0) is 18.6 Å². The van der Waals surface area contributed by atoms with Gasteiger partial charge in [-0.2, -0.15) is 0 Å². The van der Waals surface area contributed by atoms with Gasteiger partial charge in [0.2, 0.25) is 0 Å². The SMILES string of the molecule is CCCN(CCOCCOC)c1ccccc1. The average Bonchev–Trinajstić information content (AvgIpc) is 2.38. The van der Waals surface area contributed by atoms with Gasteiger partial charge in [0.15, 0.2) is 0 Å². The first-order valence-electron chi connectivity index (χ1n) is 6.25. The smallest absolute Gasteiger partial charge is 0.0701 e. The van der Waals surface area contributed by atoms with Gasteiger partial charge in [-0.3, -0.25) is 0 Å². The van der Waals surface area contributed by atoms with Crippen molar-refractivity contribution >= 4 is 5.69 Å². The Kier molecular flexibility index (Phi) is 7.43. The van der Waals surface area contributed by atoms with E-state index in [-0.39, 0.29) is 0 Å². The summed E-state index contributed by atoms with van der Waals surface area (Å²) < 4.78 is 10.4. The van der Waals surface area contributed by atoms with E-state index in [0.717, 1.165) is 26.1 Å². The number of nitrogens with zero attached hydrogens (tertiary/aromatic N) is 1. The van der Waals surface area contributed by atoms with E-state index < -0.39 is 0 Å². The lowest BCUT2D eigenvalue weighted by Gasteiger charge is -2.24. The maximum absolute atomic E-state index is 5.51. The number of ether oxygens (including phenoxy) is 2. The molecule has 0 saturated carbocycles. The summed E-state index contributed by atoms with van der Waals surface area (Å²) >= 11 is 0. The quantitative estimate of drug-likeness (QED) is 0.616. The molecule has 0 saturated heterocycles. The Bertz CT molecular complexity index is 277. The molecule has 1 aromatic carbocycles. The fourth-order valence-corrected chi connectivity index (χ4v) is 1.70. The van der Waals surface area contributed by atoms with Gasteiger partial charge in [0.25, 0.3) is 0 Å². The fraction of sp³-hybridized carbons (Fsp3) is 0.571. The lowest BCUT2D eigenvalue weighted by atomic mass is 10.2. The Morgan fingerprint density at radius 1 is 1.00 bits per heavy atom. The molecule has 0 bridgehead atoms. The third-order valence-corrected chi connectivity index (χ3v) is 2.55. The molecule has 0 unspecified atom stereocenters. The van der Waals surface area contributed by atoms with Gasteiger partial charge in [0.05, 0.1) is 19.8 Å². The van der Waals surface area contributed by atoms with Crippen LogP contribution in [0.2, 0.25) is 0 Å². The first-order valence-corrected chi connectivity index (χ1v) is 6.25. The van der Waals surface area contributed by atoms with Gasteiger partial charge >= 0.3 is 0 Å². The Hall–Kier alpha value is -1.06. The van der Waals surface area contributed by atoms with Crippen molar-refractivity contribution in [3.8, 4) is 0 Å². The maximum Gasteiger partial charge on any atom is 0.0701 e. The minimum Gasteiger partial charge on any atom is -0.382 e. The van der Waals surface area contributed by atoms with E-state index in [1.54, 1.807) is 7.11 Å². The van der Waals surface area contributed by atoms with E-state index in [2.05, 4.69) is 36.1 Å². The van der Waals surface area contributed by atoms with Crippen LogP contribution < -0.4 is 4.90 Å². The summed E-state index contributed by atoms with van der Waals surface area (Å²) in [5.41, 5.74) is 1.27. The van der Waals surface area contributed by atoms with Crippen LogP contribution in [0.4, 0.5) is 5.69 Å². The largest absolute Gasteiger partial charge is 0.382 e. The van der Waals surface area contributed by atoms with Crippen LogP contribution in [-0.4, -0.2) is 40.0 Å². The van der Waals surface area contributed by atoms with Crippen molar-refractivity contribution < 1.29 is 9.47 Å². The fourth-order valence-electron chi connectivity index (χ4n) is 1.70. The van der Waals surface area contributed by atoms with Crippen molar-refractivity contribution in [2.24, 2.45) is 0 Å². The van der Waals surface area contributed by atoms with Gasteiger partial charge in [-0.15, -0.1) is 0 Å². The standard InChI is InChI=1S/C14H23NO2/c1-3-9-15(10-11-17-13-12-16-2)14-7-5-4-6-8-14/h4-8H,3,9-13H2,1-2H3. The number of methoxy groups -OCH3 is 1. The third-order valence-electron chi connectivity index (χ3n) is 2.55. The molecule has 0 spiro atoms. The predicted octanol–water partition coefficient (Wildman–Crippen LogP) is 2.57. The topological polar surface area (TPSA) is 21.7 Å². The second kappa shape index (κ2) is 9.02. The molecule has 0 radical (unpaired) electrons. The van der Waals surface area contributed by atoms with Crippen LogP contribution in [0.1, 0.15) is 13.3 Å². The number of rotatable bonds is 9. The maximum atomic E-state index is 5.51. The van der Waals surface area contributed by atoms with Crippen molar-refractivity contribution in [1.82, 2.24) is 0 Å². The van der Waals surface area contributed by atoms with E-state index in [1.165, 1.54) is 5.69 Å². The molecule has 0 N–H and O–H groups in total. The highest BCUT2D eigenvalue weighted by Gasteiger charge is 2.04. The molecule has 17 heavy (non-hydrogen) atoms. The van der Waals surface area contributed by atoms with Crippen LogP contribution in [0.25, 0.3) is 0 Å². The van der Waals surface area contributed by atoms with E-state index >= 15 is 0 Å². The third kappa shape index (κ3) is 5.71. The number of benzene rings is 1. The Labute approximate surface area is 104 Å². The highest BCUT2D eigenvalue weighted by Crippen LogP contribution is 2.12. The Balaban J connectivity index is 2.33. The monoisotopic (exact) mass is 237 g/mol. The first kappa shape index (κ1) is 14.0. The van der Waals surface area contributed by atoms with E-state index in [9.17, 15) is 0 Å². The zero-order valence-corrected chi connectivity index (χ0v) is 10.9. The molecule has 0 heterocycles. The van der Waals surface area contributed by atoms with Crippen LogP contribution in [0.15, 0.2) is 30.3 Å². The van der Waals surface area contributed by atoms with Crippen molar-refractivity contribution in [2.45, 2.75) is 13.3 Å². The van der Waals surface area contributed by atoms with Crippen molar-refractivity contribution in [3.05, 3.63) is 30.3 Å². The van der Waals surface area contributed by atoms with Crippen molar-refractivity contribution in [3.63, 3.8) is 0 Å². The van der Waals surface area contributed by atoms with Gasteiger partial charge < -0.3 is 14.4 Å². The predicted molar refractivity (Wildman–Crippen MR) is 71.6 cm³/mol. The second-order valence-electron chi connectivity index (χ2n) is 3.93. The number of anilines is 1. The number of para-hydroxylation sites is 1. The molecule has 1 aromatic rings. The normalized spacial score (nSPS) is 10.5. The molecule has 0 aromatic heterocycles. The summed E-state index contributed by atoms with van der Waals surface area (Å²) in [5, 5.41) is 0. The molecule has 1 rings (SSSR count). The molecule has 0 aliphatic rings. The zero-order chi connectivity index (χ0) is 12.3. The Morgan fingerprint density at radius 3 is 2.41 bits per heavy atom. The molecule has 0 amide bonds. The lowest BCUT2D eigenvalue weighted by molar-refractivity contribution is 0.0740.